The van der Waals surface area contributed by atoms with Gasteiger partial charge >= 0.3 is 0 Å². The molecule has 1 aromatic rings. The van der Waals surface area contributed by atoms with Crippen LogP contribution >= 0.6 is 0 Å². The average Bonchev–Trinajstić information content (AvgIpc) is 2.54. The summed E-state index contributed by atoms with van der Waals surface area (Å²) < 4.78 is 5.80. The molecule has 2 rings (SSSR count). The van der Waals surface area contributed by atoms with Crippen LogP contribution in [0.4, 0.5) is 0 Å². The van der Waals surface area contributed by atoms with Crippen LogP contribution in [0.5, 0.6) is 0 Å². The highest BCUT2D eigenvalue weighted by Crippen LogP contribution is 2.20. The fourth-order valence-corrected chi connectivity index (χ4v) is 2.99. The number of aryl methyl sites for hydroxylation is 1. The monoisotopic (exact) mass is 291 g/mol. The molecule has 1 unspecified atom stereocenters. The van der Waals surface area contributed by atoms with Crippen LogP contribution in [-0.2, 0) is 17.7 Å². The largest absolute Gasteiger partial charge is 0.389 e. The Morgan fingerprint density at radius 2 is 1.90 bits per heavy atom. The summed E-state index contributed by atoms with van der Waals surface area (Å²) in [6.07, 6.45) is 7.19. The third-order valence-corrected chi connectivity index (χ3v) is 4.27. The van der Waals surface area contributed by atoms with Crippen LogP contribution in [-0.4, -0.2) is 30.5 Å². The number of benzene rings is 1. The van der Waals surface area contributed by atoms with Crippen LogP contribution in [0, 0.1) is 0 Å². The lowest BCUT2D eigenvalue weighted by atomic mass is 9.98. The van der Waals surface area contributed by atoms with Crippen molar-refractivity contribution in [2.75, 3.05) is 13.2 Å². The molecule has 1 aliphatic carbocycles. The maximum absolute atomic E-state index is 10.00. The molecule has 0 spiro atoms. The molecule has 3 heteroatoms. The van der Waals surface area contributed by atoms with Crippen LogP contribution in [0.25, 0.3) is 0 Å². The number of rotatable bonds is 8. The average molecular weight is 291 g/mol. The van der Waals surface area contributed by atoms with Crippen LogP contribution in [0.15, 0.2) is 24.3 Å². The van der Waals surface area contributed by atoms with Gasteiger partial charge in [0.25, 0.3) is 0 Å². The van der Waals surface area contributed by atoms with E-state index in [1.165, 1.54) is 30.4 Å². The minimum Gasteiger partial charge on any atom is -0.389 e. The van der Waals surface area contributed by atoms with Crippen LogP contribution in [0.2, 0.25) is 0 Å². The Morgan fingerprint density at radius 3 is 2.62 bits per heavy atom. The minimum atomic E-state index is -0.416. The highest BCUT2D eigenvalue weighted by atomic mass is 16.5. The summed E-state index contributed by atoms with van der Waals surface area (Å²) >= 11 is 0. The lowest BCUT2D eigenvalue weighted by Crippen LogP contribution is -2.32. The maximum Gasteiger partial charge on any atom is 0.0897 e. The van der Waals surface area contributed by atoms with E-state index >= 15 is 0 Å². The van der Waals surface area contributed by atoms with Gasteiger partial charge in [0, 0.05) is 13.1 Å². The Hall–Kier alpha value is -0.900. The first-order valence-electron chi connectivity index (χ1n) is 8.36. The van der Waals surface area contributed by atoms with Gasteiger partial charge in [-0.2, -0.15) is 0 Å². The Morgan fingerprint density at radius 1 is 1.19 bits per heavy atom. The quantitative estimate of drug-likeness (QED) is 0.773. The predicted octanol–water partition coefficient (Wildman–Crippen LogP) is 3.05. The standard InChI is InChI=1S/C18H29NO2/c1-2-15-8-6-7-9-16(15)12-19-13-17(20)14-21-18-10-4-3-5-11-18/h6-9,17-20H,2-5,10-14H2,1H3. The van der Waals surface area contributed by atoms with E-state index in [1.54, 1.807) is 0 Å². The molecule has 21 heavy (non-hydrogen) atoms. The highest BCUT2D eigenvalue weighted by molar-refractivity contribution is 5.26. The Kier molecular flexibility index (Phi) is 7.20. The minimum absolute atomic E-state index is 0.370. The van der Waals surface area contributed by atoms with Gasteiger partial charge in [-0.15, -0.1) is 0 Å². The number of aliphatic hydroxyl groups excluding tert-OH is 1. The van der Waals surface area contributed by atoms with E-state index in [2.05, 4.69) is 36.5 Å². The van der Waals surface area contributed by atoms with Crippen molar-refractivity contribution in [1.29, 1.82) is 0 Å². The third-order valence-electron chi connectivity index (χ3n) is 4.27. The summed E-state index contributed by atoms with van der Waals surface area (Å²) in [5.74, 6) is 0. The van der Waals surface area contributed by atoms with Crippen molar-refractivity contribution < 1.29 is 9.84 Å². The second kappa shape index (κ2) is 9.19. The topological polar surface area (TPSA) is 41.5 Å². The van der Waals surface area contributed by atoms with Gasteiger partial charge in [0.05, 0.1) is 18.8 Å². The summed E-state index contributed by atoms with van der Waals surface area (Å²) in [4.78, 5) is 0. The summed E-state index contributed by atoms with van der Waals surface area (Å²) in [5, 5.41) is 13.3. The number of nitrogens with one attached hydrogen (secondary N) is 1. The molecule has 0 aromatic heterocycles. The highest BCUT2D eigenvalue weighted by Gasteiger charge is 2.15. The Labute approximate surface area is 128 Å². The van der Waals surface area contributed by atoms with Crippen molar-refractivity contribution in [3.05, 3.63) is 35.4 Å². The molecule has 118 valence electrons. The van der Waals surface area contributed by atoms with E-state index in [0.29, 0.717) is 19.3 Å². The first-order valence-corrected chi connectivity index (χ1v) is 8.36. The number of hydrogen-bond donors (Lipinski definition) is 2. The molecule has 0 amide bonds. The van der Waals surface area contributed by atoms with Gasteiger partial charge in [-0.3, -0.25) is 0 Å². The zero-order valence-corrected chi connectivity index (χ0v) is 13.2. The fraction of sp³-hybridized carbons (Fsp3) is 0.667. The zero-order chi connectivity index (χ0) is 14.9. The molecule has 3 nitrogen and oxygen atoms in total. The Balaban J connectivity index is 1.63. The second-order valence-corrected chi connectivity index (χ2v) is 6.00. The number of hydrogen-bond acceptors (Lipinski definition) is 3. The first kappa shape index (κ1) is 16.5. The second-order valence-electron chi connectivity index (χ2n) is 6.00. The third kappa shape index (κ3) is 5.77. The molecule has 0 bridgehead atoms. The lowest BCUT2D eigenvalue weighted by Gasteiger charge is -2.23. The van der Waals surface area contributed by atoms with E-state index in [9.17, 15) is 5.11 Å². The predicted molar refractivity (Wildman–Crippen MR) is 86.4 cm³/mol. The molecule has 0 saturated heterocycles. The van der Waals surface area contributed by atoms with Crippen LogP contribution in [0.3, 0.4) is 0 Å². The molecular weight excluding hydrogens is 262 g/mol. The van der Waals surface area contributed by atoms with E-state index in [-0.39, 0.29) is 0 Å². The van der Waals surface area contributed by atoms with Gasteiger partial charge in [0.15, 0.2) is 0 Å². The van der Waals surface area contributed by atoms with E-state index in [4.69, 9.17) is 4.74 Å². The fourth-order valence-electron chi connectivity index (χ4n) is 2.99. The SMILES string of the molecule is CCc1ccccc1CNCC(O)COC1CCCCC1. The molecule has 0 heterocycles. The van der Waals surface area contributed by atoms with Gasteiger partial charge in [-0.25, -0.2) is 0 Å². The van der Waals surface area contributed by atoms with E-state index < -0.39 is 6.10 Å². The molecule has 2 N–H and O–H groups in total. The van der Waals surface area contributed by atoms with Gasteiger partial charge in [0.2, 0.25) is 0 Å². The molecular formula is C18H29NO2. The van der Waals surface area contributed by atoms with Crippen molar-refractivity contribution in [3.63, 3.8) is 0 Å². The van der Waals surface area contributed by atoms with E-state index in [0.717, 1.165) is 25.8 Å². The molecule has 0 radical (unpaired) electrons. The number of ether oxygens (including phenoxy) is 1. The summed E-state index contributed by atoms with van der Waals surface area (Å²) in [6.45, 7) is 4.02. The molecule has 1 aliphatic rings. The summed E-state index contributed by atoms with van der Waals surface area (Å²) in [6, 6.07) is 8.46. The van der Waals surface area contributed by atoms with Gasteiger partial charge in [-0.05, 0) is 30.4 Å². The van der Waals surface area contributed by atoms with E-state index in [1.807, 2.05) is 0 Å². The molecule has 1 saturated carbocycles. The van der Waals surface area contributed by atoms with Crippen LogP contribution in [0.1, 0.15) is 50.2 Å². The van der Waals surface area contributed by atoms with Crippen LogP contribution < -0.4 is 5.32 Å². The normalized spacial score (nSPS) is 17.8. The molecule has 0 aliphatic heterocycles. The molecule has 1 aromatic carbocycles. The van der Waals surface area contributed by atoms with Crippen molar-refractivity contribution in [3.8, 4) is 0 Å². The summed E-state index contributed by atoms with van der Waals surface area (Å²) in [7, 11) is 0. The number of aliphatic hydroxyl groups is 1. The van der Waals surface area contributed by atoms with Crippen molar-refractivity contribution in [2.45, 2.75) is 64.2 Å². The van der Waals surface area contributed by atoms with Gasteiger partial charge < -0.3 is 15.2 Å². The maximum atomic E-state index is 10.00. The van der Waals surface area contributed by atoms with Gasteiger partial charge in [-0.1, -0.05) is 50.5 Å². The Bertz CT molecular complexity index is 402. The van der Waals surface area contributed by atoms with Crippen molar-refractivity contribution in [1.82, 2.24) is 5.32 Å². The van der Waals surface area contributed by atoms with Gasteiger partial charge in [0.1, 0.15) is 0 Å². The smallest absolute Gasteiger partial charge is 0.0897 e. The van der Waals surface area contributed by atoms with Crippen molar-refractivity contribution in [2.24, 2.45) is 0 Å². The lowest BCUT2D eigenvalue weighted by molar-refractivity contribution is -0.0230. The summed E-state index contributed by atoms with van der Waals surface area (Å²) in [5.41, 5.74) is 2.69. The molecule has 1 atom stereocenters. The first-order chi connectivity index (χ1) is 10.3. The zero-order valence-electron chi connectivity index (χ0n) is 13.2. The molecule has 1 fully saturated rings. The van der Waals surface area contributed by atoms with Crippen molar-refractivity contribution >= 4 is 0 Å².